The van der Waals surface area contributed by atoms with Gasteiger partial charge in [-0.25, -0.2) is 23.1 Å². The molecule has 5 aromatic heterocycles. The average Bonchev–Trinajstić information content (AvgIpc) is 4.18. The molecule has 15 nitrogen and oxygen atoms in total. The van der Waals surface area contributed by atoms with Gasteiger partial charge in [0.1, 0.15) is 35.5 Å². The van der Waals surface area contributed by atoms with Crippen molar-refractivity contribution in [3.05, 3.63) is 166 Å². The molecule has 0 saturated carbocycles. The van der Waals surface area contributed by atoms with Gasteiger partial charge < -0.3 is 29.7 Å². The van der Waals surface area contributed by atoms with E-state index in [2.05, 4.69) is 66.2 Å². The van der Waals surface area contributed by atoms with Crippen molar-refractivity contribution in [3.63, 3.8) is 0 Å². The SMILES string of the molecule is CC(=O)c1cn(-c2ccc(F)cc2F)c2nc(N3CCC(O)CC3)c(F)cc2c1=O.NC1=CC(=O)C2=NCN=C2C1=O.c1ccc2[nH]c(-c3ccc(-c4ccc(Cn5cccc5)cc4)o3)nc2c1. The molecule has 0 radical (unpaired) electrons. The number of aromatic amines is 1. The number of fused-ring (bicyclic) bond motifs is 3. The predicted octanol–water partition coefficient (Wildman–Crippen LogP) is 7.14. The third kappa shape index (κ3) is 9.16. The Morgan fingerprint density at radius 3 is 2.29 bits per heavy atom. The summed E-state index contributed by atoms with van der Waals surface area (Å²) in [5, 5.41) is 9.50. The van der Waals surface area contributed by atoms with Crippen molar-refractivity contribution in [2.24, 2.45) is 15.7 Å². The largest absolute Gasteiger partial charge is 0.453 e. The number of ketones is 3. The van der Waals surface area contributed by atoms with Gasteiger partial charge >= 0.3 is 0 Å². The van der Waals surface area contributed by atoms with E-state index < -0.39 is 40.6 Å². The van der Waals surface area contributed by atoms with E-state index in [4.69, 9.17) is 10.2 Å². The second-order valence-electron chi connectivity index (χ2n) is 16.0. The number of Topliss-reactive ketones (excluding diaryl/α,β-unsaturated/α-hetero) is 2. The molecule has 342 valence electrons. The van der Waals surface area contributed by atoms with E-state index in [9.17, 15) is 37.5 Å². The number of carbonyl (C=O) groups is 3. The zero-order chi connectivity index (χ0) is 47.6. The second-order valence-corrected chi connectivity index (χ2v) is 16.0. The molecule has 3 aromatic carbocycles. The molecule has 8 aromatic rings. The van der Waals surface area contributed by atoms with Gasteiger partial charge in [0.05, 0.1) is 39.5 Å². The van der Waals surface area contributed by atoms with Gasteiger partial charge in [0.15, 0.2) is 34.7 Å². The summed E-state index contributed by atoms with van der Waals surface area (Å²) in [5.74, 6) is -1.49. The summed E-state index contributed by atoms with van der Waals surface area (Å²) in [6, 6.07) is 28.3. The van der Waals surface area contributed by atoms with Crippen LogP contribution in [0.1, 0.15) is 35.7 Å². The molecule has 2 aliphatic heterocycles. The maximum Gasteiger partial charge on any atom is 0.229 e. The summed E-state index contributed by atoms with van der Waals surface area (Å²) in [4.78, 5) is 68.3. The molecule has 0 unspecified atom stereocenters. The first kappa shape index (κ1) is 44.7. The van der Waals surface area contributed by atoms with Crippen LogP contribution in [-0.4, -0.2) is 83.8 Å². The van der Waals surface area contributed by atoms with Crippen molar-refractivity contribution in [1.29, 1.82) is 0 Å². The van der Waals surface area contributed by atoms with Crippen LogP contribution in [0.4, 0.5) is 19.0 Å². The molecular formula is C50H40F3N9O6. The molecule has 4 N–H and O–H groups in total. The summed E-state index contributed by atoms with van der Waals surface area (Å²) < 4.78 is 52.1. The Kier molecular flexibility index (Phi) is 12.3. The van der Waals surface area contributed by atoms with Gasteiger partial charge in [0.25, 0.3) is 0 Å². The number of rotatable bonds is 7. The normalized spacial score (nSPS) is 14.7. The van der Waals surface area contributed by atoms with Gasteiger partial charge in [-0.1, -0.05) is 36.4 Å². The van der Waals surface area contributed by atoms with Crippen LogP contribution in [-0.2, 0) is 16.1 Å². The fourth-order valence-corrected chi connectivity index (χ4v) is 7.89. The number of hydrogen-bond donors (Lipinski definition) is 3. The number of nitrogens with one attached hydrogen (secondary N) is 1. The van der Waals surface area contributed by atoms with Crippen LogP contribution in [0, 0.1) is 17.5 Å². The monoisotopic (exact) mass is 919 g/mol. The zero-order valence-corrected chi connectivity index (χ0v) is 36.2. The number of nitrogens with zero attached hydrogens (tertiary/aromatic N) is 7. The lowest BCUT2D eigenvalue weighted by Gasteiger charge is -2.31. The minimum absolute atomic E-state index is 0.0411. The fourth-order valence-electron chi connectivity index (χ4n) is 7.89. The topological polar surface area (TPSA) is 207 Å². The molecule has 18 heteroatoms. The van der Waals surface area contributed by atoms with Gasteiger partial charge in [-0.3, -0.25) is 33.7 Å². The summed E-state index contributed by atoms with van der Waals surface area (Å²) in [6.07, 6.45) is 6.75. The number of aromatic nitrogens is 5. The number of allylic oxidation sites excluding steroid dienone is 2. The van der Waals surface area contributed by atoms with E-state index >= 15 is 0 Å². The van der Waals surface area contributed by atoms with Gasteiger partial charge in [-0.2, -0.15) is 0 Å². The van der Waals surface area contributed by atoms with Crippen molar-refractivity contribution < 1.29 is 37.1 Å². The zero-order valence-electron chi connectivity index (χ0n) is 36.2. The predicted molar refractivity (Wildman–Crippen MR) is 249 cm³/mol. The first-order valence-corrected chi connectivity index (χ1v) is 21.4. The minimum atomic E-state index is -0.928. The highest BCUT2D eigenvalue weighted by Gasteiger charge is 2.32. The van der Waals surface area contributed by atoms with Crippen LogP contribution in [0.3, 0.4) is 0 Å². The Morgan fingerprint density at radius 2 is 1.57 bits per heavy atom. The Hall–Kier alpha value is -8.51. The number of aliphatic hydroxyl groups is 1. The van der Waals surface area contributed by atoms with Crippen LogP contribution in [0.25, 0.3) is 50.7 Å². The van der Waals surface area contributed by atoms with E-state index in [0.717, 1.165) is 75.5 Å². The van der Waals surface area contributed by atoms with Crippen molar-refractivity contribution in [3.8, 4) is 28.6 Å². The lowest BCUT2D eigenvalue weighted by Crippen LogP contribution is -2.37. The van der Waals surface area contributed by atoms with Crippen molar-refractivity contribution in [2.75, 3.05) is 24.7 Å². The van der Waals surface area contributed by atoms with Crippen LogP contribution >= 0.6 is 0 Å². The number of hydrogen-bond acceptors (Lipinski definition) is 12. The number of aliphatic hydroxyl groups excluding tert-OH is 1. The second kappa shape index (κ2) is 18.8. The molecule has 7 heterocycles. The third-order valence-electron chi connectivity index (χ3n) is 11.4. The van der Waals surface area contributed by atoms with E-state index in [1.807, 2.05) is 48.5 Å². The summed E-state index contributed by atoms with van der Waals surface area (Å²) in [7, 11) is 0. The van der Waals surface area contributed by atoms with Gasteiger partial charge in [-0.15, -0.1) is 0 Å². The van der Waals surface area contributed by atoms with Gasteiger partial charge in [0, 0.05) is 55.9 Å². The maximum atomic E-state index is 14.9. The average molecular weight is 920 g/mol. The highest BCUT2D eigenvalue weighted by atomic mass is 19.1. The molecule has 0 amide bonds. The van der Waals surface area contributed by atoms with Crippen LogP contribution in [0.5, 0.6) is 0 Å². The number of H-pyrrole nitrogens is 1. The van der Waals surface area contributed by atoms with Crippen molar-refractivity contribution >= 4 is 56.7 Å². The Morgan fingerprint density at radius 1 is 0.853 bits per heavy atom. The highest BCUT2D eigenvalue weighted by molar-refractivity contribution is 6.86. The molecule has 0 spiro atoms. The number of aliphatic imine (C=N–C) groups is 2. The number of halogens is 3. The Bertz CT molecular complexity index is 3380. The number of piperidine rings is 1. The number of benzene rings is 3. The number of para-hydroxylation sites is 2. The maximum absolute atomic E-state index is 14.9. The minimum Gasteiger partial charge on any atom is -0.453 e. The van der Waals surface area contributed by atoms with Crippen LogP contribution in [0.2, 0.25) is 0 Å². The molecular weight excluding hydrogens is 880 g/mol. The number of carbonyl (C=O) groups excluding carboxylic acids is 3. The van der Waals surface area contributed by atoms with Gasteiger partial charge in [0.2, 0.25) is 17.0 Å². The van der Waals surface area contributed by atoms with E-state index in [-0.39, 0.29) is 57.7 Å². The number of furan rings is 1. The molecule has 11 rings (SSSR count). The number of pyridine rings is 2. The third-order valence-corrected chi connectivity index (χ3v) is 11.4. The Labute approximate surface area is 384 Å². The molecule has 3 aliphatic rings. The van der Waals surface area contributed by atoms with Crippen LogP contribution < -0.4 is 16.1 Å². The number of nitrogens with two attached hydrogens (primary N) is 1. The smallest absolute Gasteiger partial charge is 0.229 e. The number of imidazole rings is 1. The van der Waals surface area contributed by atoms with Crippen LogP contribution in [0.15, 0.2) is 147 Å². The molecule has 1 aliphatic carbocycles. The lowest BCUT2D eigenvalue weighted by molar-refractivity contribution is -0.112. The summed E-state index contributed by atoms with van der Waals surface area (Å²) in [5.41, 5.74) is 8.57. The van der Waals surface area contributed by atoms with Gasteiger partial charge in [-0.05, 0) is 79.9 Å². The summed E-state index contributed by atoms with van der Waals surface area (Å²) >= 11 is 0. The first-order valence-electron chi connectivity index (χ1n) is 21.4. The first-order chi connectivity index (χ1) is 32.8. The molecule has 0 bridgehead atoms. The van der Waals surface area contributed by atoms with E-state index in [0.29, 0.717) is 32.0 Å². The molecule has 1 fully saturated rings. The molecule has 1 saturated heterocycles. The molecule has 68 heavy (non-hydrogen) atoms. The van der Waals surface area contributed by atoms with Crippen molar-refractivity contribution in [1.82, 2.24) is 24.1 Å². The Balaban J connectivity index is 0.000000138. The van der Waals surface area contributed by atoms with Crippen molar-refractivity contribution in [2.45, 2.75) is 32.4 Å². The fraction of sp³-hybridized carbons (Fsp3) is 0.160. The van der Waals surface area contributed by atoms with E-state index in [1.54, 1.807) is 4.90 Å². The standard InChI is InChI=1S/C22H17N3O.C21H18F3N3O3.C7H5N3O2/c1-2-6-19-18(5-1)23-22(24-19)21-12-11-20(26-21)17-9-7-16(8-10-17)15-25-13-3-4-14-25;1-11(28)15-10-27(18-3-2-12(22)8-16(18)23)20-14(19(15)30)9-17(24)21(25-20)26-6-4-13(29)5-7-26;8-3-1-4(11)5-6(7(3)12)10-2-9-5/h1-14H,15H2,(H,23,24);2-3,8-10,13,29H,4-7H2,1H3;1H,2,8H2. The highest BCUT2D eigenvalue weighted by Crippen LogP contribution is 2.30. The van der Waals surface area contributed by atoms with E-state index in [1.165, 1.54) is 12.5 Å². The quantitative estimate of drug-likeness (QED) is 0.138. The number of anilines is 1. The lowest BCUT2D eigenvalue weighted by atomic mass is 9.98. The molecule has 0 atom stereocenters. The summed E-state index contributed by atoms with van der Waals surface area (Å²) in [6.45, 7) is 2.92.